The van der Waals surface area contributed by atoms with Crippen LogP contribution in [0.2, 0.25) is 0 Å². The van der Waals surface area contributed by atoms with E-state index in [1.54, 1.807) is 0 Å². The summed E-state index contributed by atoms with van der Waals surface area (Å²) < 4.78 is 2.81. The van der Waals surface area contributed by atoms with E-state index in [1.807, 2.05) is 11.3 Å². The van der Waals surface area contributed by atoms with Crippen LogP contribution in [-0.4, -0.2) is 7.85 Å². The molecule has 4 aromatic rings. The summed E-state index contributed by atoms with van der Waals surface area (Å²) in [5.41, 5.74) is 1.41. The minimum Gasteiger partial charge on any atom is -0.136 e. The summed E-state index contributed by atoms with van der Waals surface area (Å²) in [6.45, 7) is 0. The molecule has 0 unspecified atom stereocenters. The third-order valence-corrected chi connectivity index (χ3v) is 4.95. The minimum absolute atomic E-state index is 1.34. The van der Waals surface area contributed by atoms with Crippen molar-refractivity contribution in [1.82, 2.24) is 0 Å². The molecular weight excluding hydrogens is 235 g/mol. The first-order chi connectivity index (χ1) is 8.84. The van der Waals surface area contributed by atoms with Gasteiger partial charge in [0.2, 0.25) is 0 Å². The van der Waals surface area contributed by atoms with Crippen LogP contribution in [0.1, 0.15) is 0 Å². The molecule has 0 bridgehead atoms. The molecule has 3 aromatic carbocycles. The molecule has 0 fully saturated rings. The van der Waals surface area contributed by atoms with Crippen LogP contribution in [0, 0.1) is 0 Å². The highest BCUT2D eigenvalue weighted by molar-refractivity contribution is 7.27. The summed E-state index contributed by atoms with van der Waals surface area (Å²) in [7, 11) is 2.24. The molecule has 0 saturated heterocycles. The summed E-state index contributed by atoms with van der Waals surface area (Å²) in [5.74, 6) is 0. The van der Waals surface area contributed by atoms with Crippen LogP contribution in [0.15, 0.2) is 54.6 Å². The first kappa shape index (κ1) is 10.2. The van der Waals surface area contributed by atoms with Gasteiger partial charge in [-0.05, 0) is 22.9 Å². The average Bonchev–Trinajstić information content (AvgIpc) is 2.79. The van der Waals surface area contributed by atoms with Crippen molar-refractivity contribution < 1.29 is 0 Å². The van der Waals surface area contributed by atoms with Crippen LogP contribution in [0.3, 0.4) is 0 Å². The van der Waals surface area contributed by atoms with E-state index in [2.05, 4.69) is 62.4 Å². The molecule has 0 radical (unpaired) electrons. The van der Waals surface area contributed by atoms with Gasteiger partial charge in [0.25, 0.3) is 0 Å². The van der Waals surface area contributed by atoms with Crippen LogP contribution in [0.4, 0.5) is 0 Å². The lowest BCUT2D eigenvalue weighted by Crippen LogP contribution is -2.03. The van der Waals surface area contributed by atoms with E-state index < -0.39 is 0 Å². The Hall–Kier alpha value is -1.80. The van der Waals surface area contributed by atoms with Gasteiger partial charge in [-0.3, -0.25) is 0 Å². The lowest BCUT2D eigenvalue weighted by atomic mass is 9.88. The fourth-order valence-electron chi connectivity index (χ4n) is 2.73. The van der Waals surface area contributed by atoms with Gasteiger partial charge in [-0.1, -0.05) is 47.9 Å². The standard InChI is InChI=1S/C16H11BS/c17-15-11-6-2-1-5-10(11)9-13-12-7-3-4-8-14(12)18-16(13)15/h1-9H,17H2. The number of hydrogen-bond acceptors (Lipinski definition) is 1. The molecule has 0 spiro atoms. The van der Waals surface area contributed by atoms with Gasteiger partial charge in [0.1, 0.15) is 7.85 Å². The number of fused-ring (bicyclic) bond motifs is 4. The highest BCUT2D eigenvalue weighted by Gasteiger charge is 2.09. The maximum atomic E-state index is 2.33. The van der Waals surface area contributed by atoms with Gasteiger partial charge in [0, 0.05) is 20.2 Å². The Labute approximate surface area is 110 Å². The van der Waals surface area contributed by atoms with Crippen molar-refractivity contribution in [1.29, 1.82) is 0 Å². The summed E-state index contributed by atoms with van der Waals surface area (Å²) in [6.07, 6.45) is 0. The van der Waals surface area contributed by atoms with Crippen LogP contribution in [0.25, 0.3) is 30.9 Å². The second-order valence-electron chi connectivity index (χ2n) is 4.70. The Bertz CT molecular complexity index is 889. The van der Waals surface area contributed by atoms with Gasteiger partial charge in [-0.25, -0.2) is 0 Å². The molecule has 0 amide bonds. The van der Waals surface area contributed by atoms with E-state index in [0.717, 1.165) is 0 Å². The van der Waals surface area contributed by atoms with Gasteiger partial charge in [0.05, 0.1) is 0 Å². The van der Waals surface area contributed by atoms with Gasteiger partial charge >= 0.3 is 0 Å². The van der Waals surface area contributed by atoms with E-state index >= 15 is 0 Å². The predicted molar refractivity (Wildman–Crippen MR) is 85.0 cm³/mol. The van der Waals surface area contributed by atoms with Crippen molar-refractivity contribution in [3.63, 3.8) is 0 Å². The largest absolute Gasteiger partial charge is 0.142 e. The quantitative estimate of drug-likeness (QED) is 0.417. The van der Waals surface area contributed by atoms with Gasteiger partial charge in [-0.15, -0.1) is 11.3 Å². The molecule has 0 aliphatic rings. The third kappa shape index (κ3) is 1.27. The van der Waals surface area contributed by atoms with E-state index in [1.165, 1.54) is 36.4 Å². The molecule has 0 aliphatic heterocycles. The smallest absolute Gasteiger partial charge is 0.136 e. The molecule has 84 valence electrons. The fourth-order valence-corrected chi connectivity index (χ4v) is 3.93. The molecule has 0 N–H and O–H groups in total. The zero-order chi connectivity index (χ0) is 12.1. The molecule has 2 heteroatoms. The second kappa shape index (κ2) is 3.60. The van der Waals surface area contributed by atoms with Gasteiger partial charge < -0.3 is 0 Å². The normalized spacial score (nSPS) is 11.6. The Balaban J connectivity index is 2.33. The molecular formula is C16H11BS. The van der Waals surface area contributed by atoms with Crippen molar-refractivity contribution in [3.8, 4) is 0 Å². The highest BCUT2D eigenvalue weighted by atomic mass is 32.1. The fraction of sp³-hybridized carbons (Fsp3) is 0. The summed E-state index contributed by atoms with van der Waals surface area (Å²) in [4.78, 5) is 0. The van der Waals surface area contributed by atoms with Crippen molar-refractivity contribution >= 4 is 55.6 Å². The molecule has 0 atom stereocenters. The van der Waals surface area contributed by atoms with Crippen LogP contribution < -0.4 is 5.46 Å². The lowest BCUT2D eigenvalue weighted by Gasteiger charge is -2.03. The van der Waals surface area contributed by atoms with E-state index in [-0.39, 0.29) is 0 Å². The van der Waals surface area contributed by atoms with Crippen LogP contribution in [0.5, 0.6) is 0 Å². The summed E-state index contributed by atoms with van der Waals surface area (Å²) in [6, 6.07) is 19.7. The molecule has 0 aliphatic carbocycles. The number of hydrogen-bond donors (Lipinski definition) is 0. The molecule has 1 heterocycles. The monoisotopic (exact) mass is 246 g/mol. The van der Waals surface area contributed by atoms with Crippen molar-refractivity contribution in [2.45, 2.75) is 0 Å². The van der Waals surface area contributed by atoms with E-state index in [9.17, 15) is 0 Å². The van der Waals surface area contributed by atoms with Gasteiger partial charge in [-0.2, -0.15) is 0 Å². The summed E-state index contributed by atoms with van der Waals surface area (Å²) >= 11 is 1.90. The van der Waals surface area contributed by atoms with Gasteiger partial charge in [0.15, 0.2) is 0 Å². The maximum Gasteiger partial charge on any atom is 0.142 e. The average molecular weight is 246 g/mol. The van der Waals surface area contributed by atoms with E-state index in [4.69, 9.17) is 0 Å². The van der Waals surface area contributed by atoms with Crippen LogP contribution >= 0.6 is 11.3 Å². The topological polar surface area (TPSA) is 0 Å². The Morgan fingerprint density at radius 1 is 0.778 bits per heavy atom. The first-order valence-electron chi connectivity index (χ1n) is 6.14. The highest BCUT2D eigenvalue weighted by Crippen LogP contribution is 2.34. The number of thiophene rings is 1. The zero-order valence-corrected chi connectivity index (χ0v) is 10.9. The molecule has 18 heavy (non-hydrogen) atoms. The SMILES string of the molecule is Bc1c2ccccc2cc2c1sc1ccccc12. The minimum atomic E-state index is 1.34. The Kier molecular flexibility index (Phi) is 2.03. The lowest BCUT2D eigenvalue weighted by molar-refractivity contribution is 1.83. The molecule has 0 nitrogen and oxygen atoms in total. The molecule has 0 saturated carbocycles. The van der Waals surface area contributed by atoms with E-state index in [0.29, 0.717) is 0 Å². The molecule has 4 rings (SSSR count). The number of rotatable bonds is 0. The Morgan fingerprint density at radius 2 is 1.50 bits per heavy atom. The third-order valence-electron chi connectivity index (χ3n) is 3.64. The summed E-state index contributed by atoms with van der Waals surface area (Å²) in [5, 5.41) is 5.49. The number of benzene rings is 3. The Morgan fingerprint density at radius 3 is 2.39 bits per heavy atom. The van der Waals surface area contributed by atoms with Crippen molar-refractivity contribution in [3.05, 3.63) is 54.6 Å². The maximum absolute atomic E-state index is 2.33. The second-order valence-corrected chi connectivity index (χ2v) is 5.75. The molecule has 1 aromatic heterocycles. The van der Waals surface area contributed by atoms with Crippen LogP contribution in [-0.2, 0) is 0 Å². The zero-order valence-electron chi connectivity index (χ0n) is 10.1. The first-order valence-corrected chi connectivity index (χ1v) is 6.96. The van der Waals surface area contributed by atoms with Crippen molar-refractivity contribution in [2.75, 3.05) is 0 Å². The predicted octanol–water partition coefficient (Wildman–Crippen LogP) is 3.47. The van der Waals surface area contributed by atoms with Crippen molar-refractivity contribution in [2.24, 2.45) is 0 Å².